The van der Waals surface area contributed by atoms with Gasteiger partial charge in [-0.2, -0.15) is 0 Å². The van der Waals surface area contributed by atoms with E-state index >= 15 is 0 Å². The van der Waals surface area contributed by atoms with Crippen LogP contribution in [0.1, 0.15) is 19.8 Å². The summed E-state index contributed by atoms with van der Waals surface area (Å²) in [7, 11) is 0. The maximum absolute atomic E-state index is 9.25. The average molecular weight is 132 g/mol. The van der Waals surface area contributed by atoms with E-state index in [2.05, 4.69) is 0 Å². The molecule has 0 spiro atoms. The van der Waals surface area contributed by atoms with E-state index in [1.807, 2.05) is 6.92 Å². The highest BCUT2D eigenvalue weighted by molar-refractivity contribution is 4.58. The molecule has 3 nitrogen and oxygen atoms in total. The topological polar surface area (TPSA) is 38.7 Å². The Balaban J connectivity index is 2.32. The second-order valence-electron chi connectivity index (χ2n) is 2.16. The first-order valence-corrected chi connectivity index (χ1v) is 3.27. The Morgan fingerprint density at radius 1 is 1.44 bits per heavy atom. The summed E-state index contributed by atoms with van der Waals surface area (Å²) in [5, 5.41) is 9.25. The van der Waals surface area contributed by atoms with Crippen molar-refractivity contribution in [2.45, 2.75) is 25.7 Å². The van der Waals surface area contributed by atoms with Gasteiger partial charge in [-0.05, 0) is 6.42 Å². The number of hydrogen-bond acceptors (Lipinski definition) is 3. The zero-order valence-electron chi connectivity index (χ0n) is 5.59. The maximum atomic E-state index is 9.25. The van der Waals surface area contributed by atoms with Crippen LogP contribution < -0.4 is 0 Å². The van der Waals surface area contributed by atoms with Crippen molar-refractivity contribution in [3.63, 3.8) is 0 Å². The molecule has 1 saturated heterocycles. The monoisotopic (exact) mass is 132 g/mol. The SMILES string of the molecule is CCCC1(O)OCCO1. The van der Waals surface area contributed by atoms with Crippen molar-refractivity contribution in [1.82, 2.24) is 0 Å². The number of hydrogen-bond donors (Lipinski definition) is 1. The van der Waals surface area contributed by atoms with Crippen LogP contribution in [0, 0.1) is 0 Å². The summed E-state index contributed by atoms with van der Waals surface area (Å²) in [4.78, 5) is 0. The minimum Gasteiger partial charge on any atom is -0.343 e. The molecule has 0 aromatic heterocycles. The van der Waals surface area contributed by atoms with Gasteiger partial charge in [0.15, 0.2) is 0 Å². The molecule has 0 aliphatic carbocycles. The van der Waals surface area contributed by atoms with E-state index in [0.29, 0.717) is 19.6 Å². The summed E-state index contributed by atoms with van der Waals surface area (Å²) in [6.45, 7) is 3.00. The lowest BCUT2D eigenvalue weighted by atomic mass is 10.3. The summed E-state index contributed by atoms with van der Waals surface area (Å²) in [6.07, 6.45) is 1.43. The van der Waals surface area contributed by atoms with E-state index in [-0.39, 0.29) is 0 Å². The Labute approximate surface area is 54.6 Å². The molecule has 0 radical (unpaired) electrons. The minimum atomic E-state index is -1.26. The smallest absolute Gasteiger partial charge is 0.280 e. The zero-order chi connectivity index (χ0) is 6.74. The van der Waals surface area contributed by atoms with Crippen LogP contribution in [0.15, 0.2) is 0 Å². The molecule has 0 aromatic rings. The first-order valence-electron chi connectivity index (χ1n) is 3.27. The van der Waals surface area contributed by atoms with Crippen LogP contribution in [0.3, 0.4) is 0 Å². The van der Waals surface area contributed by atoms with E-state index in [4.69, 9.17) is 9.47 Å². The van der Waals surface area contributed by atoms with E-state index in [0.717, 1.165) is 6.42 Å². The molecule has 54 valence electrons. The molecule has 0 unspecified atom stereocenters. The van der Waals surface area contributed by atoms with Crippen molar-refractivity contribution < 1.29 is 14.6 Å². The highest BCUT2D eigenvalue weighted by Crippen LogP contribution is 2.20. The van der Waals surface area contributed by atoms with Gasteiger partial charge in [-0.3, -0.25) is 0 Å². The first-order chi connectivity index (χ1) is 4.27. The molecule has 3 heteroatoms. The van der Waals surface area contributed by atoms with Gasteiger partial charge in [-0.1, -0.05) is 6.92 Å². The van der Waals surface area contributed by atoms with Gasteiger partial charge in [0.1, 0.15) is 0 Å². The van der Waals surface area contributed by atoms with Crippen LogP contribution in [-0.2, 0) is 9.47 Å². The van der Waals surface area contributed by atoms with Crippen molar-refractivity contribution in [3.8, 4) is 0 Å². The van der Waals surface area contributed by atoms with Crippen molar-refractivity contribution in [3.05, 3.63) is 0 Å². The quantitative estimate of drug-likeness (QED) is 0.594. The molecule has 1 fully saturated rings. The fourth-order valence-corrected chi connectivity index (χ4v) is 0.904. The van der Waals surface area contributed by atoms with Crippen LogP contribution in [-0.4, -0.2) is 24.3 Å². The van der Waals surface area contributed by atoms with E-state index in [9.17, 15) is 5.11 Å². The normalized spacial score (nSPS) is 24.7. The maximum Gasteiger partial charge on any atom is 0.280 e. The van der Waals surface area contributed by atoms with Crippen LogP contribution in [0.25, 0.3) is 0 Å². The standard InChI is InChI=1S/C6H12O3/c1-2-3-6(7)8-4-5-9-6/h7H,2-5H2,1H3. The molecule has 0 amide bonds. The molecule has 0 saturated carbocycles. The summed E-state index contributed by atoms with van der Waals surface area (Å²) >= 11 is 0. The van der Waals surface area contributed by atoms with E-state index in [1.54, 1.807) is 0 Å². The molecule has 1 aliphatic heterocycles. The highest BCUT2D eigenvalue weighted by atomic mass is 16.8. The number of rotatable bonds is 2. The first kappa shape index (κ1) is 6.99. The Bertz CT molecular complexity index is 86.3. The molecule has 1 N–H and O–H groups in total. The molecular formula is C6H12O3. The Morgan fingerprint density at radius 2 is 2.00 bits per heavy atom. The van der Waals surface area contributed by atoms with Crippen molar-refractivity contribution in [2.24, 2.45) is 0 Å². The highest BCUT2D eigenvalue weighted by Gasteiger charge is 2.32. The van der Waals surface area contributed by atoms with Gasteiger partial charge in [-0.15, -0.1) is 0 Å². The van der Waals surface area contributed by atoms with Gasteiger partial charge < -0.3 is 14.6 Å². The Kier molecular flexibility index (Phi) is 2.05. The fraction of sp³-hybridized carbons (Fsp3) is 1.00. The molecule has 9 heavy (non-hydrogen) atoms. The summed E-state index contributed by atoms with van der Waals surface area (Å²) in [5.41, 5.74) is 0. The molecule has 1 heterocycles. The third-order valence-corrected chi connectivity index (χ3v) is 1.30. The second-order valence-corrected chi connectivity index (χ2v) is 2.16. The van der Waals surface area contributed by atoms with Crippen LogP contribution in [0.4, 0.5) is 0 Å². The predicted octanol–water partition coefficient (Wildman–Crippen LogP) is 0.479. The minimum absolute atomic E-state index is 0.510. The Hall–Kier alpha value is -0.120. The molecule has 0 atom stereocenters. The van der Waals surface area contributed by atoms with Gasteiger partial charge in [-0.25, -0.2) is 0 Å². The predicted molar refractivity (Wildman–Crippen MR) is 31.8 cm³/mol. The summed E-state index contributed by atoms with van der Waals surface area (Å²) < 4.78 is 9.83. The van der Waals surface area contributed by atoms with Gasteiger partial charge in [0.25, 0.3) is 5.97 Å². The number of ether oxygens (including phenoxy) is 2. The summed E-state index contributed by atoms with van der Waals surface area (Å²) in [6, 6.07) is 0. The van der Waals surface area contributed by atoms with Crippen molar-refractivity contribution in [1.29, 1.82) is 0 Å². The van der Waals surface area contributed by atoms with Gasteiger partial charge in [0.2, 0.25) is 0 Å². The van der Waals surface area contributed by atoms with Crippen LogP contribution in [0.5, 0.6) is 0 Å². The lowest BCUT2D eigenvalue weighted by molar-refractivity contribution is -0.308. The van der Waals surface area contributed by atoms with Gasteiger partial charge in [0, 0.05) is 6.42 Å². The average Bonchev–Trinajstić information content (AvgIpc) is 2.16. The molecule has 1 rings (SSSR count). The molecular weight excluding hydrogens is 120 g/mol. The van der Waals surface area contributed by atoms with Crippen LogP contribution in [0.2, 0.25) is 0 Å². The summed E-state index contributed by atoms with van der Waals surface area (Å²) in [5.74, 6) is -1.26. The number of aliphatic hydroxyl groups is 1. The van der Waals surface area contributed by atoms with Crippen molar-refractivity contribution >= 4 is 0 Å². The van der Waals surface area contributed by atoms with Crippen molar-refractivity contribution in [2.75, 3.05) is 13.2 Å². The third kappa shape index (κ3) is 1.64. The Morgan fingerprint density at radius 3 is 2.44 bits per heavy atom. The van der Waals surface area contributed by atoms with Gasteiger partial charge >= 0.3 is 0 Å². The largest absolute Gasteiger partial charge is 0.343 e. The van der Waals surface area contributed by atoms with Gasteiger partial charge in [0.05, 0.1) is 13.2 Å². The van der Waals surface area contributed by atoms with E-state index in [1.165, 1.54) is 0 Å². The van der Waals surface area contributed by atoms with E-state index < -0.39 is 5.97 Å². The lowest BCUT2D eigenvalue weighted by Crippen LogP contribution is -2.28. The zero-order valence-corrected chi connectivity index (χ0v) is 5.59. The third-order valence-electron chi connectivity index (χ3n) is 1.30. The lowest BCUT2D eigenvalue weighted by Gasteiger charge is -2.18. The molecule has 0 aromatic carbocycles. The van der Waals surface area contributed by atoms with Crippen LogP contribution >= 0.6 is 0 Å². The molecule has 1 aliphatic rings. The fourth-order valence-electron chi connectivity index (χ4n) is 0.904. The molecule has 0 bridgehead atoms. The second kappa shape index (κ2) is 2.64.